The van der Waals surface area contributed by atoms with Gasteiger partial charge in [-0.1, -0.05) is 0 Å². The Morgan fingerprint density at radius 3 is 2.88 bits per heavy atom. The third kappa shape index (κ3) is 2.93. The van der Waals surface area contributed by atoms with Crippen LogP contribution in [0.3, 0.4) is 0 Å². The average molecular weight is 224 g/mol. The standard InChI is InChI=1S/C10H9FN2O3/c11-8-3-7(2-1-6(8)4-12)16-5-9(13)10(14)15/h1-3,9H,5,13H2,(H,14,15). The summed E-state index contributed by atoms with van der Waals surface area (Å²) in [6, 6.07) is 4.11. The average Bonchev–Trinajstić information content (AvgIpc) is 2.25. The first-order valence-electron chi connectivity index (χ1n) is 4.35. The third-order valence-corrected chi connectivity index (χ3v) is 1.81. The number of carboxylic acid groups (broad SMARTS) is 1. The summed E-state index contributed by atoms with van der Waals surface area (Å²) < 4.78 is 18.0. The van der Waals surface area contributed by atoms with Crippen LogP contribution in [0.1, 0.15) is 5.56 Å². The van der Waals surface area contributed by atoms with E-state index in [4.69, 9.17) is 20.8 Å². The van der Waals surface area contributed by atoms with Gasteiger partial charge in [0.15, 0.2) is 0 Å². The number of hydrogen-bond acceptors (Lipinski definition) is 4. The SMILES string of the molecule is N#Cc1ccc(OCC(N)C(=O)O)cc1F. The van der Waals surface area contributed by atoms with Gasteiger partial charge in [0.2, 0.25) is 0 Å². The minimum Gasteiger partial charge on any atom is -0.491 e. The quantitative estimate of drug-likeness (QED) is 0.775. The van der Waals surface area contributed by atoms with Crippen molar-refractivity contribution in [1.82, 2.24) is 0 Å². The summed E-state index contributed by atoms with van der Waals surface area (Å²) >= 11 is 0. The molecule has 0 bridgehead atoms. The van der Waals surface area contributed by atoms with E-state index in [0.29, 0.717) is 0 Å². The zero-order valence-electron chi connectivity index (χ0n) is 8.18. The molecular weight excluding hydrogens is 215 g/mol. The number of rotatable bonds is 4. The van der Waals surface area contributed by atoms with Crippen molar-refractivity contribution in [3.63, 3.8) is 0 Å². The molecule has 0 aromatic heterocycles. The summed E-state index contributed by atoms with van der Waals surface area (Å²) in [4.78, 5) is 10.4. The van der Waals surface area contributed by atoms with Crippen molar-refractivity contribution in [2.75, 3.05) is 6.61 Å². The van der Waals surface area contributed by atoms with Crippen LogP contribution in [0.15, 0.2) is 18.2 Å². The highest BCUT2D eigenvalue weighted by Gasteiger charge is 2.12. The van der Waals surface area contributed by atoms with E-state index in [-0.39, 0.29) is 17.9 Å². The van der Waals surface area contributed by atoms with Crippen LogP contribution >= 0.6 is 0 Å². The number of ether oxygens (including phenoxy) is 1. The maximum absolute atomic E-state index is 13.1. The van der Waals surface area contributed by atoms with Crippen molar-refractivity contribution in [2.24, 2.45) is 5.73 Å². The normalized spacial score (nSPS) is 11.6. The van der Waals surface area contributed by atoms with Crippen molar-refractivity contribution < 1.29 is 19.0 Å². The van der Waals surface area contributed by atoms with Gasteiger partial charge in [0.05, 0.1) is 5.56 Å². The maximum Gasteiger partial charge on any atom is 0.324 e. The van der Waals surface area contributed by atoms with E-state index in [1.54, 1.807) is 6.07 Å². The molecule has 3 N–H and O–H groups in total. The van der Waals surface area contributed by atoms with Gasteiger partial charge in [0, 0.05) is 6.07 Å². The lowest BCUT2D eigenvalue weighted by molar-refractivity contribution is -0.139. The molecule has 0 saturated carbocycles. The lowest BCUT2D eigenvalue weighted by atomic mass is 10.2. The number of nitrogens with two attached hydrogens (primary N) is 1. The van der Waals surface area contributed by atoms with Gasteiger partial charge in [-0.2, -0.15) is 5.26 Å². The molecule has 1 unspecified atom stereocenters. The molecule has 0 aliphatic heterocycles. The minimum absolute atomic E-state index is 0.102. The molecule has 84 valence electrons. The molecular formula is C10H9FN2O3. The number of nitriles is 1. The van der Waals surface area contributed by atoms with Gasteiger partial charge < -0.3 is 15.6 Å². The van der Waals surface area contributed by atoms with Gasteiger partial charge in [-0.05, 0) is 12.1 Å². The van der Waals surface area contributed by atoms with Gasteiger partial charge in [0.1, 0.15) is 30.3 Å². The molecule has 0 aliphatic rings. The maximum atomic E-state index is 13.1. The van der Waals surface area contributed by atoms with Crippen LogP contribution in [0.4, 0.5) is 4.39 Å². The van der Waals surface area contributed by atoms with E-state index < -0.39 is 17.8 Å². The zero-order chi connectivity index (χ0) is 12.1. The van der Waals surface area contributed by atoms with Gasteiger partial charge in [0.25, 0.3) is 0 Å². The molecule has 5 nitrogen and oxygen atoms in total. The summed E-state index contributed by atoms with van der Waals surface area (Å²) in [5, 5.41) is 16.9. The molecule has 6 heteroatoms. The van der Waals surface area contributed by atoms with Crippen LogP contribution in [-0.2, 0) is 4.79 Å². The highest BCUT2D eigenvalue weighted by atomic mass is 19.1. The number of benzene rings is 1. The monoisotopic (exact) mass is 224 g/mol. The second-order valence-corrected chi connectivity index (χ2v) is 3.01. The first kappa shape index (κ1) is 11.9. The van der Waals surface area contributed by atoms with Crippen LogP contribution in [0.5, 0.6) is 5.75 Å². The summed E-state index contributed by atoms with van der Waals surface area (Å²) in [5.74, 6) is -1.79. The van der Waals surface area contributed by atoms with Crippen LogP contribution in [0.2, 0.25) is 0 Å². The number of hydrogen-bond donors (Lipinski definition) is 2. The lowest BCUT2D eigenvalue weighted by Crippen LogP contribution is -2.36. The fraction of sp³-hybridized carbons (Fsp3) is 0.200. The summed E-state index contributed by atoms with van der Waals surface area (Å²) in [6.07, 6.45) is 0. The highest BCUT2D eigenvalue weighted by Crippen LogP contribution is 2.15. The first-order valence-corrected chi connectivity index (χ1v) is 4.35. The lowest BCUT2D eigenvalue weighted by Gasteiger charge is -2.09. The molecule has 1 aromatic rings. The van der Waals surface area contributed by atoms with Crippen molar-refractivity contribution in [3.05, 3.63) is 29.6 Å². The first-order chi connectivity index (χ1) is 7.54. The smallest absolute Gasteiger partial charge is 0.324 e. The second kappa shape index (κ2) is 5.09. The van der Waals surface area contributed by atoms with Crippen LogP contribution < -0.4 is 10.5 Å². The minimum atomic E-state index is -1.20. The van der Waals surface area contributed by atoms with E-state index in [2.05, 4.69) is 0 Å². The number of halogens is 1. The highest BCUT2D eigenvalue weighted by molar-refractivity contribution is 5.73. The summed E-state index contributed by atoms with van der Waals surface area (Å²) in [7, 11) is 0. The Morgan fingerprint density at radius 1 is 1.69 bits per heavy atom. The molecule has 0 saturated heterocycles. The molecule has 0 heterocycles. The number of carbonyl (C=O) groups is 1. The van der Waals surface area contributed by atoms with Crippen molar-refractivity contribution in [2.45, 2.75) is 6.04 Å². The molecule has 0 fully saturated rings. The van der Waals surface area contributed by atoms with Crippen molar-refractivity contribution in [3.8, 4) is 11.8 Å². The van der Waals surface area contributed by atoms with Crippen LogP contribution in [0, 0.1) is 17.1 Å². The predicted octanol–water partition coefficient (Wildman–Crippen LogP) is 0.488. The summed E-state index contributed by atoms with van der Waals surface area (Å²) in [5.41, 5.74) is 5.09. The molecule has 0 amide bonds. The van der Waals surface area contributed by atoms with E-state index in [1.165, 1.54) is 12.1 Å². The molecule has 1 atom stereocenters. The Kier molecular flexibility index (Phi) is 3.80. The fourth-order valence-corrected chi connectivity index (χ4v) is 0.934. The molecule has 1 rings (SSSR count). The molecule has 0 spiro atoms. The molecule has 0 radical (unpaired) electrons. The molecule has 0 aliphatic carbocycles. The molecule has 16 heavy (non-hydrogen) atoms. The van der Waals surface area contributed by atoms with E-state index in [0.717, 1.165) is 6.07 Å². The Morgan fingerprint density at radius 2 is 2.38 bits per heavy atom. The third-order valence-electron chi connectivity index (χ3n) is 1.81. The number of carboxylic acids is 1. The van der Waals surface area contributed by atoms with E-state index in [1.807, 2.05) is 0 Å². The topological polar surface area (TPSA) is 96.3 Å². The Labute approximate surface area is 90.9 Å². The van der Waals surface area contributed by atoms with Crippen molar-refractivity contribution >= 4 is 5.97 Å². The van der Waals surface area contributed by atoms with Gasteiger partial charge >= 0.3 is 5.97 Å². The molecule has 1 aromatic carbocycles. The van der Waals surface area contributed by atoms with E-state index >= 15 is 0 Å². The van der Waals surface area contributed by atoms with E-state index in [9.17, 15) is 9.18 Å². The Hall–Kier alpha value is -2.13. The van der Waals surface area contributed by atoms with Gasteiger partial charge in [-0.3, -0.25) is 4.79 Å². The number of aliphatic carboxylic acids is 1. The number of nitrogens with zero attached hydrogens (tertiary/aromatic N) is 1. The fourth-order valence-electron chi connectivity index (χ4n) is 0.934. The second-order valence-electron chi connectivity index (χ2n) is 3.01. The van der Waals surface area contributed by atoms with Crippen molar-refractivity contribution in [1.29, 1.82) is 5.26 Å². The zero-order valence-corrected chi connectivity index (χ0v) is 8.18. The predicted molar refractivity (Wildman–Crippen MR) is 52.2 cm³/mol. The van der Waals surface area contributed by atoms with Gasteiger partial charge in [-0.25, -0.2) is 4.39 Å². The van der Waals surface area contributed by atoms with Gasteiger partial charge in [-0.15, -0.1) is 0 Å². The summed E-state index contributed by atoms with van der Waals surface area (Å²) in [6.45, 7) is -0.263. The Balaban J connectivity index is 2.66. The van der Waals surface area contributed by atoms with Crippen LogP contribution in [0.25, 0.3) is 0 Å². The largest absolute Gasteiger partial charge is 0.491 e. The Bertz CT molecular complexity index is 442. The van der Waals surface area contributed by atoms with Crippen LogP contribution in [-0.4, -0.2) is 23.7 Å².